The van der Waals surface area contributed by atoms with Crippen LogP contribution >= 0.6 is 0 Å². The van der Waals surface area contributed by atoms with Crippen LogP contribution in [0.25, 0.3) is 0 Å². The quantitative estimate of drug-likeness (QED) is 0.599. The lowest BCUT2D eigenvalue weighted by Gasteiger charge is -2.18. The molecule has 0 spiro atoms. The van der Waals surface area contributed by atoms with Gasteiger partial charge >= 0.3 is 5.97 Å². The molecule has 18 heavy (non-hydrogen) atoms. The zero-order valence-electron chi connectivity index (χ0n) is 9.78. The van der Waals surface area contributed by atoms with Crippen molar-refractivity contribution < 1.29 is 25.2 Å². The number of hydrogen-bond donors (Lipinski definition) is 4. The van der Waals surface area contributed by atoms with Crippen molar-refractivity contribution in [1.82, 2.24) is 0 Å². The van der Waals surface area contributed by atoms with E-state index in [0.717, 1.165) is 0 Å². The normalized spacial score (nSPS) is 20.2. The molecule has 1 aromatic carbocycles. The fourth-order valence-electron chi connectivity index (χ4n) is 2.09. The summed E-state index contributed by atoms with van der Waals surface area (Å²) in [7, 11) is 0. The van der Waals surface area contributed by atoms with Crippen LogP contribution in [0.5, 0.6) is 0 Å². The first kappa shape index (κ1) is 13.0. The van der Waals surface area contributed by atoms with Gasteiger partial charge in [-0.05, 0) is 24.0 Å². The van der Waals surface area contributed by atoms with Gasteiger partial charge in [-0.25, -0.2) is 0 Å². The summed E-state index contributed by atoms with van der Waals surface area (Å²) in [5.41, 5.74) is 0.221. The predicted octanol–water partition coefficient (Wildman–Crippen LogP) is 0.189. The second kappa shape index (κ2) is 4.68. The molecule has 1 fully saturated rings. The van der Waals surface area contributed by atoms with Crippen molar-refractivity contribution in [3.8, 4) is 0 Å². The van der Waals surface area contributed by atoms with Crippen LogP contribution in [-0.4, -0.2) is 39.1 Å². The van der Waals surface area contributed by atoms with Gasteiger partial charge in [0, 0.05) is 0 Å². The van der Waals surface area contributed by atoms with Crippen LogP contribution in [0.15, 0.2) is 24.3 Å². The van der Waals surface area contributed by atoms with Crippen LogP contribution in [0.3, 0.4) is 0 Å². The SMILES string of the molecule is O=C(O)C1(c2cccc(C(O)C(O)CO)c2)CC1. The van der Waals surface area contributed by atoms with Crippen molar-refractivity contribution in [2.24, 2.45) is 0 Å². The lowest BCUT2D eigenvalue weighted by molar-refractivity contribution is -0.140. The summed E-state index contributed by atoms with van der Waals surface area (Å²) in [6.45, 7) is -0.546. The fourth-order valence-corrected chi connectivity index (χ4v) is 2.09. The molecule has 0 saturated heterocycles. The van der Waals surface area contributed by atoms with E-state index in [-0.39, 0.29) is 0 Å². The number of aliphatic carboxylic acids is 1. The number of carboxylic acids is 1. The van der Waals surface area contributed by atoms with Crippen molar-refractivity contribution in [1.29, 1.82) is 0 Å². The Morgan fingerprint density at radius 1 is 1.33 bits per heavy atom. The summed E-state index contributed by atoms with van der Waals surface area (Å²) >= 11 is 0. The first-order chi connectivity index (χ1) is 8.51. The molecule has 0 radical (unpaired) electrons. The zero-order chi connectivity index (χ0) is 13.3. The Morgan fingerprint density at radius 3 is 2.50 bits per heavy atom. The van der Waals surface area contributed by atoms with Crippen LogP contribution in [0.1, 0.15) is 30.1 Å². The molecule has 2 rings (SSSR count). The molecule has 4 N–H and O–H groups in total. The third kappa shape index (κ3) is 2.12. The van der Waals surface area contributed by atoms with Gasteiger partial charge in [0.05, 0.1) is 12.0 Å². The molecule has 5 nitrogen and oxygen atoms in total. The monoisotopic (exact) mass is 252 g/mol. The number of aliphatic hydroxyl groups is 3. The first-order valence-corrected chi connectivity index (χ1v) is 5.82. The Labute approximate surface area is 104 Å². The van der Waals surface area contributed by atoms with E-state index in [0.29, 0.717) is 24.0 Å². The first-order valence-electron chi connectivity index (χ1n) is 5.82. The number of rotatable bonds is 5. The highest BCUT2D eigenvalue weighted by Gasteiger charge is 2.51. The third-order valence-corrected chi connectivity index (χ3v) is 3.49. The Bertz CT molecular complexity index is 452. The van der Waals surface area contributed by atoms with Crippen LogP contribution in [-0.2, 0) is 10.2 Å². The number of aliphatic hydroxyl groups excluding tert-OH is 3. The smallest absolute Gasteiger partial charge is 0.314 e. The van der Waals surface area contributed by atoms with Gasteiger partial charge in [-0.1, -0.05) is 24.3 Å². The van der Waals surface area contributed by atoms with Crippen molar-refractivity contribution >= 4 is 5.97 Å². The Hall–Kier alpha value is -1.43. The lowest BCUT2D eigenvalue weighted by atomic mass is 9.92. The average molecular weight is 252 g/mol. The largest absolute Gasteiger partial charge is 0.481 e. The van der Waals surface area contributed by atoms with E-state index in [4.69, 9.17) is 5.11 Å². The lowest BCUT2D eigenvalue weighted by Crippen LogP contribution is -2.23. The van der Waals surface area contributed by atoms with Gasteiger partial charge in [0.2, 0.25) is 0 Å². The van der Waals surface area contributed by atoms with Gasteiger partial charge in [-0.15, -0.1) is 0 Å². The Kier molecular flexibility index (Phi) is 3.38. The molecule has 1 aromatic rings. The van der Waals surface area contributed by atoms with Crippen molar-refractivity contribution in [2.75, 3.05) is 6.61 Å². The van der Waals surface area contributed by atoms with Crippen LogP contribution in [0.2, 0.25) is 0 Å². The molecule has 0 heterocycles. The summed E-state index contributed by atoms with van der Waals surface area (Å²) < 4.78 is 0. The van der Waals surface area contributed by atoms with E-state index >= 15 is 0 Å². The minimum absolute atomic E-state index is 0.418. The number of benzene rings is 1. The van der Waals surface area contributed by atoms with E-state index in [1.54, 1.807) is 24.3 Å². The third-order valence-electron chi connectivity index (χ3n) is 3.49. The van der Waals surface area contributed by atoms with Crippen molar-refractivity contribution in [2.45, 2.75) is 30.5 Å². The van der Waals surface area contributed by atoms with Crippen LogP contribution in [0.4, 0.5) is 0 Å². The van der Waals surface area contributed by atoms with E-state index in [1.807, 2.05) is 0 Å². The maximum Gasteiger partial charge on any atom is 0.314 e. The molecule has 1 aliphatic carbocycles. The molecule has 1 aliphatic rings. The van der Waals surface area contributed by atoms with Crippen LogP contribution in [0, 0.1) is 0 Å². The maximum absolute atomic E-state index is 11.2. The van der Waals surface area contributed by atoms with Crippen molar-refractivity contribution in [3.05, 3.63) is 35.4 Å². The second-order valence-electron chi connectivity index (χ2n) is 4.71. The molecular weight excluding hydrogens is 236 g/mol. The minimum Gasteiger partial charge on any atom is -0.481 e. The minimum atomic E-state index is -1.26. The van der Waals surface area contributed by atoms with E-state index < -0.39 is 30.2 Å². The molecule has 98 valence electrons. The van der Waals surface area contributed by atoms with E-state index in [1.165, 1.54) is 0 Å². The molecule has 0 bridgehead atoms. The molecule has 1 saturated carbocycles. The summed E-state index contributed by atoms with van der Waals surface area (Å²) in [5.74, 6) is -0.864. The van der Waals surface area contributed by atoms with Gasteiger partial charge < -0.3 is 20.4 Å². The maximum atomic E-state index is 11.2. The summed E-state index contributed by atoms with van der Waals surface area (Å²) in [6.07, 6.45) is -1.30. The van der Waals surface area contributed by atoms with Gasteiger partial charge in [-0.3, -0.25) is 4.79 Å². The highest BCUT2D eigenvalue weighted by Crippen LogP contribution is 2.48. The van der Waals surface area contributed by atoms with Gasteiger partial charge in [0.15, 0.2) is 0 Å². The molecule has 0 amide bonds. The number of carbonyl (C=O) groups is 1. The molecule has 0 aromatic heterocycles. The van der Waals surface area contributed by atoms with E-state index in [2.05, 4.69) is 0 Å². The summed E-state index contributed by atoms with van der Waals surface area (Å²) in [6, 6.07) is 6.55. The molecule has 2 unspecified atom stereocenters. The average Bonchev–Trinajstić information content (AvgIpc) is 3.18. The highest BCUT2D eigenvalue weighted by molar-refractivity contribution is 5.84. The summed E-state index contributed by atoms with van der Waals surface area (Å²) in [4.78, 5) is 11.2. The predicted molar refractivity (Wildman–Crippen MR) is 63.0 cm³/mol. The molecule has 0 aliphatic heterocycles. The molecule has 2 atom stereocenters. The Morgan fingerprint density at radius 2 is 2.00 bits per heavy atom. The van der Waals surface area contributed by atoms with Gasteiger partial charge in [0.1, 0.15) is 12.2 Å². The Balaban J connectivity index is 2.29. The summed E-state index contributed by atoms with van der Waals surface area (Å²) in [5, 5.41) is 37.1. The number of hydrogen-bond acceptors (Lipinski definition) is 4. The highest BCUT2D eigenvalue weighted by atomic mass is 16.4. The van der Waals surface area contributed by atoms with E-state index in [9.17, 15) is 20.1 Å². The van der Waals surface area contributed by atoms with Gasteiger partial charge in [0.25, 0.3) is 0 Å². The number of carboxylic acid groups (broad SMARTS) is 1. The van der Waals surface area contributed by atoms with Gasteiger partial charge in [-0.2, -0.15) is 0 Å². The molecule has 5 heteroatoms. The second-order valence-corrected chi connectivity index (χ2v) is 4.71. The fraction of sp³-hybridized carbons (Fsp3) is 0.462. The molecular formula is C13H16O5. The van der Waals surface area contributed by atoms with Crippen molar-refractivity contribution in [3.63, 3.8) is 0 Å². The zero-order valence-corrected chi connectivity index (χ0v) is 9.78. The topological polar surface area (TPSA) is 98.0 Å². The standard InChI is InChI=1S/C13H16O5/c14-7-10(15)11(16)8-2-1-3-9(6-8)13(4-5-13)12(17)18/h1-3,6,10-11,14-16H,4-5,7H2,(H,17,18). The van der Waals surface area contributed by atoms with Crippen LogP contribution < -0.4 is 0 Å².